The van der Waals surface area contributed by atoms with E-state index in [-0.39, 0.29) is 17.2 Å². The third kappa shape index (κ3) is 5.22. The molecular formula is C15H27N3O. The van der Waals surface area contributed by atoms with Crippen LogP contribution in [0.25, 0.3) is 0 Å². The van der Waals surface area contributed by atoms with Crippen molar-refractivity contribution in [1.29, 1.82) is 0 Å². The van der Waals surface area contributed by atoms with Crippen molar-refractivity contribution in [2.75, 3.05) is 39.3 Å². The predicted molar refractivity (Wildman–Crippen MR) is 78.5 cm³/mol. The van der Waals surface area contributed by atoms with E-state index in [0.29, 0.717) is 13.1 Å². The van der Waals surface area contributed by atoms with Gasteiger partial charge in [-0.15, -0.1) is 6.42 Å². The van der Waals surface area contributed by atoms with Crippen LogP contribution in [0.4, 0.5) is 0 Å². The monoisotopic (exact) mass is 265 g/mol. The van der Waals surface area contributed by atoms with Gasteiger partial charge in [0.25, 0.3) is 0 Å². The third-order valence-electron chi connectivity index (χ3n) is 3.49. The lowest BCUT2D eigenvalue weighted by molar-refractivity contribution is -0.137. The van der Waals surface area contributed by atoms with Gasteiger partial charge in [0, 0.05) is 32.7 Å². The summed E-state index contributed by atoms with van der Waals surface area (Å²) in [7, 11) is 0. The maximum absolute atomic E-state index is 12.5. The zero-order chi connectivity index (χ0) is 14.5. The van der Waals surface area contributed by atoms with E-state index in [2.05, 4.69) is 31.6 Å². The minimum absolute atomic E-state index is 0.0563. The Morgan fingerprint density at radius 2 is 1.89 bits per heavy atom. The number of hydrogen-bond donors (Lipinski definition) is 1. The molecule has 1 heterocycles. The molecule has 1 amide bonds. The summed E-state index contributed by atoms with van der Waals surface area (Å²) in [6.45, 7) is 10.8. The second kappa shape index (κ2) is 6.93. The van der Waals surface area contributed by atoms with Gasteiger partial charge in [-0.1, -0.05) is 26.7 Å². The largest absolute Gasteiger partial charge is 0.340 e. The Kier molecular flexibility index (Phi) is 5.84. The van der Waals surface area contributed by atoms with Crippen LogP contribution in [0.3, 0.4) is 0 Å². The smallest absolute Gasteiger partial charge is 0.227 e. The summed E-state index contributed by atoms with van der Waals surface area (Å²) in [6.07, 6.45) is 6.14. The molecule has 1 unspecified atom stereocenters. The van der Waals surface area contributed by atoms with Crippen LogP contribution >= 0.6 is 0 Å². The van der Waals surface area contributed by atoms with Gasteiger partial charge < -0.3 is 10.6 Å². The number of nitrogens with two attached hydrogens (primary N) is 1. The van der Waals surface area contributed by atoms with Crippen LogP contribution in [0.5, 0.6) is 0 Å². The number of hydrogen-bond acceptors (Lipinski definition) is 3. The first-order valence-electron chi connectivity index (χ1n) is 7.02. The molecule has 0 aromatic carbocycles. The van der Waals surface area contributed by atoms with E-state index < -0.39 is 0 Å². The van der Waals surface area contributed by atoms with Gasteiger partial charge in [0.2, 0.25) is 5.91 Å². The number of amides is 1. The number of terminal acetylenes is 1. The molecule has 1 atom stereocenters. The van der Waals surface area contributed by atoms with E-state index in [9.17, 15) is 4.79 Å². The maximum atomic E-state index is 12.5. The molecule has 0 radical (unpaired) electrons. The van der Waals surface area contributed by atoms with Crippen LogP contribution in [0, 0.1) is 23.7 Å². The maximum Gasteiger partial charge on any atom is 0.227 e. The molecule has 0 aromatic heterocycles. The van der Waals surface area contributed by atoms with Crippen molar-refractivity contribution < 1.29 is 4.79 Å². The molecule has 108 valence electrons. The molecule has 0 saturated carbocycles. The summed E-state index contributed by atoms with van der Waals surface area (Å²) in [4.78, 5) is 16.6. The van der Waals surface area contributed by atoms with E-state index in [4.69, 9.17) is 12.2 Å². The van der Waals surface area contributed by atoms with E-state index in [1.807, 2.05) is 4.90 Å². The highest BCUT2D eigenvalue weighted by Crippen LogP contribution is 2.25. The zero-order valence-electron chi connectivity index (χ0n) is 12.5. The van der Waals surface area contributed by atoms with E-state index >= 15 is 0 Å². The van der Waals surface area contributed by atoms with E-state index in [1.165, 1.54) is 0 Å². The Balaban J connectivity index is 2.51. The quantitative estimate of drug-likeness (QED) is 0.764. The van der Waals surface area contributed by atoms with Crippen molar-refractivity contribution in [1.82, 2.24) is 9.80 Å². The topological polar surface area (TPSA) is 49.6 Å². The Morgan fingerprint density at radius 1 is 1.32 bits per heavy atom. The number of piperazine rings is 1. The summed E-state index contributed by atoms with van der Waals surface area (Å²) in [5.74, 6) is 2.80. The molecule has 1 rings (SSSR count). The molecule has 1 fully saturated rings. The van der Waals surface area contributed by atoms with E-state index in [1.54, 1.807) is 0 Å². The zero-order valence-corrected chi connectivity index (χ0v) is 12.5. The summed E-state index contributed by atoms with van der Waals surface area (Å²) in [5.41, 5.74) is 5.91. The first kappa shape index (κ1) is 16.0. The predicted octanol–water partition coefficient (Wildman–Crippen LogP) is 0.775. The minimum Gasteiger partial charge on any atom is -0.340 e. The van der Waals surface area contributed by atoms with Crippen molar-refractivity contribution in [3.05, 3.63) is 0 Å². The highest BCUT2D eigenvalue weighted by Gasteiger charge is 2.29. The van der Waals surface area contributed by atoms with Crippen LogP contribution in [0.2, 0.25) is 0 Å². The summed E-state index contributed by atoms with van der Waals surface area (Å²) in [6, 6.07) is 0. The molecule has 4 nitrogen and oxygen atoms in total. The molecule has 19 heavy (non-hydrogen) atoms. The van der Waals surface area contributed by atoms with E-state index in [0.717, 1.165) is 32.6 Å². The summed E-state index contributed by atoms with van der Waals surface area (Å²) >= 11 is 0. The molecule has 1 saturated heterocycles. The van der Waals surface area contributed by atoms with Crippen molar-refractivity contribution in [2.45, 2.75) is 27.2 Å². The standard InChI is InChI=1S/C15H27N3O/c1-5-6-17-7-9-18(10-8-17)14(19)13(12-16)11-15(2,3)4/h1,13H,6-12,16H2,2-4H3. The molecule has 1 aliphatic rings. The fourth-order valence-electron chi connectivity index (χ4n) is 2.52. The van der Waals surface area contributed by atoms with Gasteiger partial charge in [0.15, 0.2) is 0 Å². The lowest BCUT2D eigenvalue weighted by atomic mass is 9.84. The van der Waals surface area contributed by atoms with Gasteiger partial charge >= 0.3 is 0 Å². The average Bonchev–Trinajstić information content (AvgIpc) is 2.35. The highest BCUT2D eigenvalue weighted by atomic mass is 16.2. The summed E-state index contributed by atoms with van der Waals surface area (Å²) < 4.78 is 0. The van der Waals surface area contributed by atoms with Crippen molar-refractivity contribution in [3.63, 3.8) is 0 Å². The Labute approximate surface area is 117 Å². The van der Waals surface area contributed by atoms with Crippen LogP contribution < -0.4 is 5.73 Å². The van der Waals surface area contributed by atoms with Crippen LogP contribution in [0.15, 0.2) is 0 Å². The van der Waals surface area contributed by atoms with Gasteiger partial charge in [-0.3, -0.25) is 9.69 Å². The lowest BCUT2D eigenvalue weighted by Gasteiger charge is -2.36. The fourth-order valence-corrected chi connectivity index (χ4v) is 2.52. The van der Waals surface area contributed by atoms with Crippen molar-refractivity contribution in [2.24, 2.45) is 17.1 Å². The second-order valence-corrected chi connectivity index (χ2v) is 6.50. The van der Waals surface area contributed by atoms with Gasteiger partial charge in [-0.25, -0.2) is 0 Å². The number of carbonyl (C=O) groups excluding carboxylic acids is 1. The van der Waals surface area contributed by atoms with Gasteiger partial charge in [0.05, 0.1) is 12.5 Å². The first-order valence-corrected chi connectivity index (χ1v) is 7.02. The van der Waals surface area contributed by atoms with Crippen LogP contribution in [0.1, 0.15) is 27.2 Å². The average molecular weight is 265 g/mol. The normalized spacial score (nSPS) is 19.0. The van der Waals surface area contributed by atoms with Crippen LogP contribution in [-0.2, 0) is 4.79 Å². The Bertz CT molecular complexity index is 332. The molecule has 0 aromatic rings. The van der Waals surface area contributed by atoms with Gasteiger partial charge in [0.1, 0.15) is 0 Å². The molecule has 0 spiro atoms. The summed E-state index contributed by atoms with van der Waals surface area (Å²) in [5, 5.41) is 0. The van der Waals surface area contributed by atoms with Gasteiger partial charge in [-0.05, 0) is 11.8 Å². The number of rotatable bonds is 4. The van der Waals surface area contributed by atoms with Crippen molar-refractivity contribution >= 4 is 5.91 Å². The molecule has 2 N–H and O–H groups in total. The molecular weight excluding hydrogens is 238 g/mol. The Hall–Kier alpha value is -1.05. The molecule has 0 bridgehead atoms. The second-order valence-electron chi connectivity index (χ2n) is 6.50. The first-order chi connectivity index (χ1) is 8.87. The van der Waals surface area contributed by atoms with Gasteiger partial charge in [-0.2, -0.15) is 0 Å². The number of carbonyl (C=O) groups is 1. The minimum atomic E-state index is -0.0563. The Morgan fingerprint density at radius 3 is 2.32 bits per heavy atom. The van der Waals surface area contributed by atoms with Crippen LogP contribution in [-0.4, -0.2) is 55.0 Å². The SMILES string of the molecule is C#CCN1CCN(C(=O)C(CN)CC(C)(C)C)CC1. The highest BCUT2D eigenvalue weighted by molar-refractivity contribution is 5.79. The molecule has 4 heteroatoms. The fraction of sp³-hybridized carbons (Fsp3) is 0.800. The van der Waals surface area contributed by atoms with Crippen molar-refractivity contribution in [3.8, 4) is 12.3 Å². The molecule has 1 aliphatic heterocycles. The third-order valence-corrected chi connectivity index (χ3v) is 3.49. The molecule has 0 aliphatic carbocycles. The lowest BCUT2D eigenvalue weighted by Crippen LogP contribution is -2.51. The number of nitrogens with zero attached hydrogens (tertiary/aromatic N) is 2.